The monoisotopic (exact) mass is 326 g/mol. The molecule has 122 valence electrons. The molecule has 1 aromatic carbocycles. The zero-order valence-electron chi connectivity index (χ0n) is 13.3. The first-order valence-electron chi connectivity index (χ1n) is 6.96. The lowest BCUT2D eigenvalue weighted by Gasteiger charge is -2.23. The number of amidine groups is 1. The Hall–Kier alpha value is -1.80. The van der Waals surface area contributed by atoms with Crippen LogP contribution in [0.2, 0.25) is 0 Å². The highest BCUT2D eigenvalue weighted by Crippen LogP contribution is 2.32. The molecule has 1 aliphatic rings. The Bertz CT molecular complexity index is 700. The molecule has 2 N–H and O–H groups in total. The summed E-state index contributed by atoms with van der Waals surface area (Å²) in [6, 6.07) is 3.65. The van der Waals surface area contributed by atoms with E-state index in [1.807, 2.05) is 37.9 Å². The van der Waals surface area contributed by atoms with Crippen LogP contribution >= 0.6 is 0 Å². The van der Waals surface area contributed by atoms with E-state index in [1.54, 1.807) is 0 Å². The third-order valence-corrected chi connectivity index (χ3v) is 4.75. The molecule has 0 amide bonds. The van der Waals surface area contributed by atoms with E-state index in [9.17, 15) is 8.42 Å². The average molecular weight is 326 g/mol. The summed E-state index contributed by atoms with van der Waals surface area (Å²) < 4.78 is 30.1. The number of benzene rings is 1. The Balaban J connectivity index is 2.27. The minimum absolute atomic E-state index is 0.360. The van der Waals surface area contributed by atoms with E-state index in [1.165, 1.54) is 7.05 Å². The SMILES string of the molecule is Cc1ccc(OCC2=NCCN2C)c(C)c1N(C)S(N)(=O)=O. The molecule has 0 saturated carbocycles. The summed E-state index contributed by atoms with van der Waals surface area (Å²) in [5.74, 6) is 1.51. The maximum atomic E-state index is 11.6. The predicted molar refractivity (Wildman–Crippen MR) is 87.9 cm³/mol. The fourth-order valence-corrected chi connectivity index (χ4v) is 3.00. The average Bonchev–Trinajstić information content (AvgIpc) is 2.82. The quantitative estimate of drug-likeness (QED) is 0.861. The summed E-state index contributed by atoms with van der Waals surface area (Å²) >= 11 is 0. The van der Waals surface area contributed by atoms with Crippen LogP contribution in [0.1, 0.15) is 11.1 Å². The molecular formula is C14H22N4O3S. The maximum absolute atomic E-state index is 11.6. The summed E-state index contributed by atoms with van der Waals surface area (Å²) in [5.41, 5.74) is 2.09. The predicted octanol–water partition coefficient (Wildman–Crippen LogP) is 0.666. The largest absolute Gasteiger partial charge is 0.485 e. The van der Waals surface area contributed by atoms with Gasteiger partial charge in [0.15, 0.2) is 0 Å². The lowest BCUT2D eigenvalue weighted by atomic mass is 10.1. The summed E-state index contributed by atoms with van der Waals surface area (Å²) in [6.07, 6.45) is 0. The van der Waals surface area contributed by atoms with Crippen LogP contribution in [0.25, 0.3) is 0 Å². The Morgan fingerprint density at radius 3 is 2.64 bits per heavy atom. The maximum Gasteiger partial charge on any atom is 0.298 e. The zero-order valence-corrected chi connectivity index (χ0v) is 14.1. The first-order chi connectivity index (χ1) is 10.2. The van der Waals surface area contributed by atoms with E-state index in [0.29, 0.717) is 18.0 Å². The minimum atomic E-state index is -3.81. The molecule has 1 heterocycles. The molecular weight excluding hydrogens is 304 g/mol. The third kappa shape index (κ3) is 3.33. The van der Waals surface area contributed by atoms with E-state index in [0.717, 1.165) is 34.4 Å². The van der Waals surface area contributed by atoms with Crippen LogP contribution in [0, 0.1) is 13.8 Å². The Labute approximate surface area is 131 Å². The van der Waals surface area contributed by atoms with Crippen molar-refractivity contribution in [1.29, 1.82) is 0 Å². The Kier molecular flexibility index (Phi) is 4.62. The molecule has 0 spiro atoms. The van der Waals surface area contributed by atoms with E-state index >= 15 is 0 Å². The standard InChI is InChI=1S/C14H22N4O3S/c1-10-5-6-12(21-9-13-16-7-8-17(13)3)11(2)14(10)18(4)22(15,19)20/h5-6H,7-9H2,1-4H3,(H2,15,19,20). The van der Waals surface area contributed by atoms with Crippen molar-refractivity contribution >= 4 is 21.7 Å². The van der Waals surface area contributed by atoms with E-state index in [2.05, 4.69) is 4.99 Å². The van der Waals surface area contributed by atoms with E-state index < -0.39 is 10.2 Å². The van der Waals surface area contributed by atoms with Gasteiger partial charge in [0.25, 0.3) is 10.2 Å². The molecule has 0 atom stereocenters. The van der Waals surface area contributed by atoms with E-state index in [4.69, 9.17) is 9.88 Å². The minimum Gasteiger partial charge on any atom is -0.485 e. The first-order valence-corrected chi connectivity index (χ1v) is 8.46. The van der Waals surface area contributed by atoms with Crippen LogP contribution in [0.15, 0.2) is 17.1 Å². The molecule has 22 heavy (non-hydrogen) atoms. The molecule has 0 unspecified atom stereocenters. The van der Waals surface area contributed by atoms with Gasteiger partial charge in [0.1, 0.15) is 18.2 Å². The van der Waals surface area contributed by atoms with Gasteiger partial charge in [-0.05, 0) is 25.5 Å². The molecule has 8 heteroatoms. The van der Waals surface area contributed by atoms with Crippen molar-refractivity contribution in [3.05, 3.63) is 23.3 Å². The molecule has 2 rings (SSSR count). The molecule has 0 radical (unpaired) electrons. The van der Waals surface area contributed by atoms with Crippen LogP contribution in [-0.2, 0) is 10.2 Å². The molecule has 0 aromatic heterocycles. The van der Waals surface area contributed by atoms with Crippen molar-refractivity contribution in [1.82, 2.24) is 4.90 Å². The summed E-state index contributed by atoms with van der Waals surface area (Å²) in [4.78, 5) is 6.41. The Morgan fingerprint density at radius 2 is 2.09 bits per heavy atom. The highest BCUT2D eigenvalue weighted by molar-refractivity contribution is 7.90. The number of nitrogens with two attached hydrogens (primary N) is 1. The molecule has 1 aliphatic heterocycles. The number of aryl methyl sites for hydroxylation is 1. The van der Waals surface area contributed by atoms with Crippen LogP contribution < -0.4 is 14.2 Å². The van der Waals surface area contributed by atoms with Gasteiger partial charge in [-0.1, -0.05) is 6.07 Å². The van der Waals surface area contributed by atoms with Crippen LogP contribution in [0.5, 0.6) is 5.75 Å². The number of likely N-dealkylation sites (N-methyl/N-ethyl adjacent to an activating group) is 1. The Morgan fingerprint density at radius 1 is 1.41 bits per heavy atom. The highest BCUT2D eigenvalue weighted by atomic mass is 32.2. The number of aliphatic imine (C=N–C) groups is 1. The van der Waals surface area contributed by atoms with Crippen molar-refractivity contribution in [3.8, 4) is 5.75 Å². The fourth-order valence-electron chi connectivity index (χ4n) is 2.46. The van der Waals surface area contributed by atoms with Crippen LogP contribution in [-0.4, -0.2) is 52.9 Å². The number of nitrogens with zero attached hydrogens (tertiary/aromatic N) is 3. The summed E-state index contributed by atoms with van der Waals surface area (Å²) in [6.45, 7) is 5.69. The van der Waals surface area contributed by atoms with Crippen molar-refractivity contribution in [3.63, 3.8) is 0 Å². The van der Waals surface area contributed by atoms with Crippen molar-refractivity contribution < 1.29 is 13.2 Å². The summed E-state index contributed by atoms with van der Waals surface area (Å²) in [5, 5.41) is 5.22. The molecule has 0 bridgehead atoms. The number of hydrogen-bond donors (Lipinski definition) is 1. The van der Waals surface area contributed by atoms with Gasteiger partial charge < -0.3 is 9.64 Å². The van der Waals surface area contributed by atoms with Gasteiger partial charge in [-0.15, -0.1) is 0 Å². The molecule has 0 fully saturated rings. The zero-order chi connectivity index (χ0) is 16.5. The van der Waals surface area contributed by atoms with Gasteiger partial charge in [-0.3, -0.25) is 9.30 Å². The topological polar surface area (TPSA) is 88.2 Å². The number of hydrogen-bond acceptors (Lipinski definition) is 5. The van der Waals surface area contributed by atoms with Crippen LogP contribution in [0.4, 0.5) is 5.69 Å². The molecule has 0 aliphatic carbocycles. The third-order valence-electron chi connectivity index (χ3n) is 3.81. The molecule has 7 nitrogen and oxygen atoms in total. The smallest absolute Gasteiger partial charge is 0.298 e. The fraction of sp³-hybridized carbons (Fsp3) is 0.500. The molecule has 0 saturated heterocycles. The number of anilines is 1. The van der Waals surface area contributed by atoms with Gasteiger partial charge in [-0.2, -0.15) is 8.42 Å². The summed E-state index contributed by atoms with van der Waals surface area (Å²) in [7, 11) is -0.408. The first kappa shape index (κ1) is 16.6. The molecule has 1 aromatic rings. The van der Waals surface area contributed by atoms with Gasteiger partial charge in [0, 0.05) is 26.2 Å². The lowest BCUT2D eigenvalue weighted by molar-refractivity contribution is 0.356. The second-order valence-electron chi connectivity index (χ2n) is 5.37. The highest BCUT2D eigenvalue weighted by Gasteiger charge is 2.20. The van der Waals surface area contributed by atoms with Crippen LogP contribution in [0.3, 0.4) is 0 Å². The normalized spacial score (nSPS) is 15.0. The second-order valence-corrected chi connectivity index (χ2v) is 6.95. The van der Waals surface area contributed by atoms with E-state index in [-0.39, 0.29) is 0 Å². The van der Waals surface area contributed by atoms with Crippen molar-refractivity contribution in [2.75, 3.05) is 38.1 Å². The number of rotatable bonds is 5. The number of ether oxygens (including phenoxy) is 1. The second kappa shape index (κ2) is 6.13. The van der Waals surface area contributed by atoms with Gasteiger partial charge in [0.05, 0.1) is 12.2 Å². The van der Waals surface area contributed by atoms with Gasteiger partial charge >= 0.3 is 0 Å². The van der Waals surface area contributed by atoms with Gasteiger partial charge in [-0.25, -0.2) is 5.14 Å². The van der Waals surface area contributed by atoms with Gasteiger partial charge in [0.2, 0.25) is 0 Å². The van der Waals surface area contributed by atoms with Crippen molar-refractivity contribution in [2.24, 2.45) is 10.1 Å². The lowest BCUT2D eigenvalue weighted by Crippen LogP contribution is -2.34. The van der Waals surface area contributed by atoms with Crippen molar-refractivity contribution in [2.45, 2.75) is 13.8 Å².